The second-order valence-corrected chi connectivity index (χ2v) is 6.12. The fourth-order valence-corrected chi connectivity index (χ4v) is 3.05. The second-order valence-electron chi connectivity index (χ2n) is 6.12. The Labute approximate surface area is 124 Å². The molecule has 3 heteroatoms. The minimum atomic E-state index is 0.716. The molecule has 0 radical (unpaired) electrons. The van der Waals surface area contributed by atoms with Gasteiger partial charge in [0.2, 0.25) is 0 Å². The van der Waals surface area contributed by atoms with E-state index >= 15 is 0 Å². The van der Waals surface area contributed by atoms with Gasteiger partial charge in [0.05, 0.1) is 0 Å². The van der Waals surface area contributed by atoms with E-state index in [1.807, 2.05) is 7.05 Å². The molecule has 0 spiro atoms. The van der Waals surface area contributed by atoms with Crippen LogP contribution in [0.1, 0.15) is 24.0 Å². The standard InChI is InChI=1S/C17H29N3/c1-18-11-10-15-7-4-5-8-16(15)13-20-12-6-9-17(14-20)19(2)3/h4-5,7-8,17-18H,6,9-14H2,1-3H3. The van der Waals surface area contributed by atoms with E-state index in [1.54, 1.807) is 0 Å². The molecule has 0 saturated carbocycles. The first-order chi connectivity index (χ1) is 9.70. The highest BCUT2D eigenvalue weighted by molar-refractivity contribution is 5.27. The van der Waals surface area contributed by atoms with E-state index in [1.165, 1.54) is 37.1 Å². The zero-order chi connectivity index (χ0) is 14.4. The van der Waals surface area contributed by atoms with Gasteiger partial charge >= 0.3 is 0 Å². The van der Waals surface area contributed by atoms with Crippen LogP contribution in [0.4, 0.5) is 0 Å². The van der Waals surface area contributed by atoms with Crippen LogP contribution in [0.5, 0.6) is 0 Å². The van der Waals surface area contributed by atoms with Gasteiger partial charge in [0.1, 0.15) is 0 Å². The van der Waals surface area contributed by atoms with E-state index in [0.717, 1.165) is 19.5 Å². The molecule has 1 aromatic rings. The Morgan fingerprint density at radius 1 is 1.25 bits per heavy atom. The predicted molar refractivity (Wildman–Crippen MR) is 86.1 cm³/mol. The third-order valence-electron chi connectivity index (χ3n) is 4.37. The zero-order valence-electron chi connectivity index (χ0n) is 13.2. The van der Waals surface area contributed by atoms with E-state index in [9.17, 15) is 0 Å². The average Bonchev–Trinajstić information content (AvgIpc) is 2.46. The minimum absolute atomic E-state index is 0.716. The Hall–Kier alpha value is -0.900. The van der Waals surface area contributed by atoms with E-state index in [2.05, 4.69) is 53.5 Å². The summed E-state index contributed by atoms with van der Waals surface area (Å²) < 4.78 is 0. The number of nitrogens with zero attached hydrogens (tertiary/aromatic N) is 2. The van der Waals surface area contributed by atoms with Gasteiger partial charge < -0.3 is 10.2 Å². The second kappa shape index (κ2) is 7.77. The molecule has 2 rings (SSSR count). The number of rotatable bonds is 6. The summed E-state index contributed by atoms with van der Waals surface area (Å²) in [4.78, 5) is 4.99. The van der Waals surface area contributed by atoms with Gasteiger partial charge in [0, 0.05) is 19.1 Å². The van der Waals surface area contributed by atoms with Crippen molar-refractivity contribution in [2.24, 2.45) is 0 Å². The molecule has 1 fully saturated rings. The minimum Gasteiger partial charge on any atom is -0.319 e. The summed E-state index contributed by atoms with van der Waals surface area (Å²) in [7, 11) is 6.43. The molecular weight excluding hydrogens is 246 g/mol. The van der Waals surface area contributed by atoms with Crippen molar-refractivity contribution in [2.45, 2.75) is 31.8 Å². The maximum atomic E-state index is 3.25. The van der Waals surface area contributed by atoms with Crippen LogP contribution in [0.2, 0.25) is 0 Å². The molecule has 1 N–H and O–H groups in total. The summed E-state index contributed by atoms with van der Waals surface area (Å²) in [5, 5.41) is 3.25. The van der Waals surface area contributed by atoms with E-state index in [-0.39, 0.29) is 0 Å². The van der Waals surface area contributed by atoms with Crippen LogP contribution in [0.3, 0.4) is 0 Å². The molecule has 20 heavy (non-hydrogen) atoms. The van der Waals surface area contributed by atoms with Gasteiger partial charge in [-0.05, 0) is 64.6 Å². The molecular formula is C17H29N3. The maximum Gasteiger partial charge on any atom is 0.0237 e. The van der Waals surface area contributed by atoms with Gasteiger partial charge in [-0.25, -0.2) is 0 Å². The Kier molecular flexibility index (Phi) is 6.02. The van der Waals surface area contributed by atoms with Gasteiger partial charge in [-0.15, -0.1) is 0 Å². The van der Waals surface area contributed by atoms with Crippen molar-refractivity contribution in [2.75, 3.05) is 40.8 Å². The monoisotopic (exact) mass is 275 g/mol. The molecule has 1 atom stereocenters. The van der Waals surface area contributed by atoms with E-state index in [4.69, 9.17) is 0 Å². The molecule has 1 heterocycles. The Morgan fingerprint density at radius 2 is 2.00 bits per heavy atom. The van der Waals surface area contributed by atoms with Crippen molar-refractivity contribution in [1.82, 2.24) is 15.1 Å². The van der Waals surface area contributed by atoms with Crippen LogP contribution in [-0.2, 0) is 13.0 Å². The van der Waals surface area contributed by atoms with Gasteiger partial charge in [0.15, 0.2) is 0 Å². The molecule has 1 aromatic carbocycles. The van der Waals surface area contributed by atoms with Crippen molar-refractivity contribution >= 4 is 0 Å². The lowest BCUT2D eigenvalue weighted by Gasteiger charge is -2.36. The number of nitrogens with one attached hydrogen (secondary N) is 1. The molecule has 1 aliphatic heterocycles. The van der Waals surface area contributed by atoms with Crippen LogP contribution in [0.15, 0.2) is 24.3 Å². The summed E-state index contributed by atoms with van der Waals surface area (Å²) in [5.74, 6) is 0. The Morgan fingerprint density at radius 3 is 2.70 bits per heavy atom. The van der Waals surface area contributed by atoms with Crippen LogP contribution >= 0.6 is 0 Å². The average molecular weight is 275 g/mol. The van der Waals surface area contributed by atoms with Gasteiger partial charge in [0.25, 0.3) is 0 Å². The largest absolute Gasteiger partial charge is 0.319 e. The molecule has 0 aliphatic carbocycles. The molecule has 1 saturated heterocycles. The summed E-state index contributed by atoms with van der Waals surface area (Å²) in [5.41, 5.74) is 3.00. The van der Waals surface area contributed by atoms with Crippen molar-refractivity contribution in [3.63, 3.8) is 0 Å². The third-order valence-corrected chi connectivity index (χ3v) is 4.37. The fraction of sp³-hybridized carbons (Fsp3) is 0.647. The first-order valence-electron chi connectivity index (χ1n) is 7.81. The first-order valence-corrected chi connectivity index (χ1v) is 7.81. The van der Waals surface area contributed by atoms with E-state index < -0.39 is 0 Å². The number of likely N-dealkylation sites (tertiary alicyclic amines) is 1. The molecule has 3 nitrogen and oxygen atoms in total. The zero-order valence-corrected chi connectivity index (χ0v) is 13.2. The molecule has 1 aliphatic rings. The molecule has 0 bridgehead atoms. The molecule has 0 aromatic heterocycles. The normalized spacial score (nSPS) is 20.5. The number of hydrogen-bond acceptors (Lipinski definition) is 3. The topological polar surface area (TPSA) is 18.5 Å². The smallest absolute Gasteiger partial charge is 0.0237 e. The Balaban J connectivity index is 1.98. The summed E-state index contributed by atoms with van der Waals surface area (Å²) in [6.45, 7) is 4.60. The van der Waals surface area contributed by atoms with Crippen LogP contribution < -0.4 is 5.32 Å². The van der Waals surface area contributed by atoms with Crippen molar-refractivity contribution in [3.05, 3.63) is 35.4 Å². The maximum absolute atomic E-state index is 3.25. The SMILES string of the molecule is CNCCc1ccccc1CN1CCCC(N(C)C)C1. The molecule has 112 valence electrons. The quantitative estimate of drug-likeness (QED) is 0.856. The highest BCUT2D eigenvalue weighted by Crippen LogP contribution is 2.18. The van der Waals surface area contributed by atoms with Gasteiger partial charge in [-0.3, -0.25) is 4.90 Å². The van der Waals surface area contributed by atoms with E-state index in [0.29, 0.717) is 6.04 Å². The summed E-state index contributed by atoms with van der Waals surface area (Å²) in [6, 6.07) is 9.62. The first kappa shape index (κ1) is 15.5. The number of benzene rings is 1. The third kappa shape index (κ3) is 4.30. The van der Waals surface area contributed by atoms with Crippen molar-refractivity contribution in [1.29, 1.82) is 0 Å². The lowest BCUT2D eigenvalue weighted by Crippen LogP contribution is -2.44. The van der Waals surface area contributed by atoms with Gasteiger partial charge in [-0.1, -0.05) is 24.3 Å². The predicted octanol–water partition coefficient (Wildman–Crippen LogP) is 1.97. The number of likely N-dealkylation sites (N-methyl/N-ethyl adjacent to an activating group) is 2. The van der Waals surface area contributed by atoms with Gasteiger partial charge in [-0.2, -0.15) is 0 Å². The molecule has 0 amide bonds. The van der Waals surface area contributed by atoms with Crippen LogP contribution in [0.25, 0.3) is 0 Å². The lowest BCUT2D eigenvalue weighted by atomic mass is 10.0. The highest BCUT2D eigenvalue weighted by Gasteiger charge is 2.21. The van der Waals surface area contributed by atoms with Crippen molar-refractivity contribution in [3.8, 4) is 0 Å². The lowest BCUT2D eigenvalue weighted by molar-refractivity contribution is 0.127. The number of piperidine rings is 1. The number of hydrogen-bond donors (Lipinski definition) is 1. The summed E-state index contributed by atoms with van der Waals surface area (Å²) in [6.07, 6.45) is 3.78. The van der Waals surface area contributed by atoms with Crippen LogP contribution in [0, 0.1) is 0 Å². The molecule has 1 unspecified atom stereocenters. The Bertz CT molecular complexity index is 403. The summed E-state index contributed by atoms with van der Waals surface area (Å²) >= 11 is 0. The fourth-order valence-electron chi connectivity index (χ4n) is 3.05. The highest BCUT2D eigenvalue weighted by atomic mass is 15.2. The van der Waals surface area contributed by atoms with Crippen molar-refractivity contribution < 1.29 is 0 Å². The van der Waals surface area contributed by atoms with Crippen LogP contribution in [-0.4, -0.2) is 56.6 Å².